The van der Waals surface area contributed by atoms with Gasteiger partial charge in [-0.05, 0) is 37.5 Å². The minimum atomic E-state index is 0.412. The summed E-state index contributed by atoms with van der Waals surface area (Å²) in [5.41, 5.74) is 3.75. The number of nitrogens with zero attached hydrogens (tertiary/aromatic N) is 6. The number of anilines is 3. The largest absolute Gasteiger partial charge is 0.497 e. The van der Waals surface area contributed by atoms with Crippen molar-refractivity contribution in [2.45, 2.75) is 19.3 Å². The number of aromatic nitrogens is 3. The quantitative estimate of drug-likeness (QED) is 0.526. The minimum absolute atomic E-state index is 0.412. The van der Waals surface area contributed by atoms with Crippen molar-refractivity contribution < 1.29 is 14.2 Å². The Kier molecular flexibility index (Phi) is 6.98. The van der Waals surface area contributed by atoms with Gasteiger partial charge in [-0.3, -0.25) is 0 Å². The number of benzene rings is 1. The Balaban J connectivity index is 1.57. The van der Waals surface area contributed by atoms with E-state index in [0.717, 1.165) is 50.3 Å². The van der Waals surface area contributed by atoms with Crippen LogP contribution < -0.4 is 24.7 Å². The summed E-state index contributed by atoms with van der Waals surface area (Å²) < 4.78 is 16.2. The molecular weight excluding hydrogens is 398 g/mol. The Labute approximate surface area is 182 Å². The van der Waals surface area contributed by atoms with Crippen LogP contribution in [0.2, 0.25) is 0 Å². The zero-order chi connectivity index (χ0) is 21.5. The second kappa shape index (κ2) is 10.3. The number of ether oxygens (including phenoxy) is 3. The molecule has 3 heterocycles. The van der Waals surface area contributed by atoms with Gasteiger partial charge in [0, 0.05) is 31.7 Å². The number of rotatable bonds is 7. The maximum absolute atomic E-state index is 5.47. The fourth-order valence-electron chi connectivity index (χ4n) is 3.64. The highest BCUT2D eigenvalue weighted by atomic mass is 16.5. The van der Waals surface area contributed by atoms with Crippen molar-refractivity contribution in [1.82, 2.24) is 15.0 Å². The lowest BCUT2D eigenvalue weighted by atomic mass is 10.1. The monoisotopic (exact) mass is 427 g/mol. The number of hydrogen-bond donors (Lipinski definition) is 1. The van der Waals surface area contributed by atoms with E-state index < -0.39 is 0 Å². The molecule has 0 saturated carbocycles. The van der Waals surface area contributed by atoms with Gasteiger partial charge in [0.2, 0.25) is 17.8 Å². The van der Waals surface area contributed by atoms with E-state index in [1.165, 1.54) is 6.42 Å². The summed E-state index contributed by atoms with van der Waals surface area (Å²) in [6.45, 7) is 4.76. The van der Waals surface area contributed by atoms with Crippen molar-refractivity contribution >= 4 is 24.1 Å². The first-order valence-electron chi connectivity index (χ1n) is 10.6. The fourth-order valence-corrected chi connectivity index (χ4v) is 3.64. The predicted molar refractivity (Wildman–Crippen MR) is 120 cm³/mol. The summed E-state index contributed by atoms with van der Waals surface area (Å²) in [7, 11) is 3.25. The van der Waals surface area contributed by atoms with Gasteiger partial charge in [0.1, 0.15) is 11.5 Å². The lowest BCUT2D eigenvalue weighted by molar-refractivity contribution is 0.122. The molecule has 10 nitrogen and oxygen atoms in total. The van der Waals surface area contributed by atoms with Gasteiger partial charge < -0.3 is 24.0 Å². The molecule has 1 aromatic heterocycles. The summed E-state index contributed by atoms with van der Waals surface area (Å²) >= 11 is 0. The maximum Gasteiger partial charge on any atom is 0.250 e. The second-order valence-electron chi connectivity index (χ2n) is 7.38. The summed E-state index contributed by atoms with van der Waals surface area (Å²) in [6.07, 6.45) is 5.21. The van der Waals surface area contributed by atoms with Crippen LogP contribution >= 0.6 is 0 Å². The smallest absolute Gasteiger partial charge is 0.250 e. The molecule has 31 heavy (non-hydrogen) atoms. The van der Waals surface area contributed by atoms with Crippen molar-refractivity contribution in [3.05, 3.63) is 23.8 Å². The number of hydrazone groups is 1. The molecule has 0 aliphatic carbocycles. The molecule has 0 bridgehead atoms. The van der Waals surface area contributed by atoms with Gasteiger partial charge in [-0.1, -0.05) is 0 Å². The second-order valence-corrected chi connectivity index (χ2v) is 7.38. The van der Waals surface area contributed by atoms with E-state index in [1.54, 1.807) is 20.4 Å². The number of morpholine rings is 1. The minimum Gasteiger partial charge on any atom is -0.497 e. The van der Waals surface area contributed by atoms with Crippen LogP contribution in [0.4, 0.5) is 17.8 Å². The van der Waals surface area contributed by atoms with Crippen molar-refractivity contribution in [3.63, 3.8) is 0 Å². The van der Waals surface area contributed by atoms with Crippen LogP contribution in [-0.2, 0) is 4.74 Å². The molecule has 0 spiro atoms. The van der Waals surface area contributed by atoms with Gasteiger partial charge >= 0.3 is 0 Å². The summed E-state index contributed by atoms with van der Waals surface area (Å²) in [5.74, 6) is 3.17. The molecule has 0 unspecified atom stereocenters. The fraction of sp³-hybridized carbons (Fsp3) is 0.524. The Hall–Kier alpha value is -3.14. The van der Waals surface area contributed by atoms with E-state index in [0.29, 0.717) is 36.8 Å². The molecule has 0 atom stereocenters. The van der Waals surface area contributed by atoms with Crippen LogP contribution in [0.15, 0.2) is 23.3 Å². The molecule has 2 aromatic rings. The molecular formula is C21H29N7O3. The van der Waals surface area contributed by atoms with Crippen LogP contribution in [0, 0.1) is 0 Å². The van der Waals surface area contributed by atoms with E-state index in [-0.39, 0.29) is 0 Å². The first-order chi connectivity index (χ1) is 15.3. The van der Waals surface area contributed by atoms with Crippen LogP contribution in [0.25, 0.3) is 0 Å². The Morgan fingerprint density at radius 3 is 2.32 bits per heavy atom. The highest BCUT2D eigenvalue weighted by Crippen LogP contribution is 2.23. The molecule has 2 aliphatic heterocycles. The third kappa shape index (κ3) is 5.32. The highest BCUT2D eigenvalue weighted by Gasteiger charge is 2.20. The van der Waals surface area contributed by atoms with Crippen molar-refractivity contribution in [3.8, 4) is 11.5 Å². The summed E-state index contributed by atoms with van der Waals surface area (Å²) in [4.78, 5) is 18.3. The van der Waals surface area contributed by atoms with Crippen LogP contribution in [0.5, 0.6) is 11.5 Å². The Bertz CT molecular complexity index is 860. The van der Waals surface area contributed by atoms with Gasteiger partial charge in [-0.25, -0.2) is 5.43 Å². The average Bonchev–Trinajstić information content (AvgIpc) is 2.85. The number of nitrogens with one attached hydrogen (secondary N) is 1. The maximum atomic E-state index is 5.47. The molecule has 1 N–H and O–H groups in total. The highest BCUT2D eigenvalue weighted by molar-refractivity contribution is 5.84. The third-order valence-electron chi connectivity index (χ3n) is 5.35. The van der Waals surface area contributed by atoms with Gasteiger partial charge in [0.15, 0.2) is 0 Å². The predicted octanol–water partition coefficient (Wildman–Crippen LogP) is 2.16. The van der Waals surface area contributed by atoms with E-state index >= 15 is 0 Å². The molecule has 1 aromatic carbocycles. The SMILES string of the molecule is COc1ccc(OC)c(/C=N\Nc2nc(N3CCCCC3)nc(N3CCOCC3)n2)c1. The van der Waals surface area contributed by atoms with Crippen molar-refractivity contribution in [1.29, 1.82) is 0 Å². The molecule has 166 valence electrons. The van der Waals surface area contributed by atoms with E-state index in [1.807, 2.05) is 18.2 Å². The first kappa shape index (κ1) is 21.1. The molecule has 2 aliphatic rings. The summed E-state index contributed by atoms with van der Waals surface area (Å²) in [6, 6.07) is 5.54. The number of hydrogen-bond acceptors (Lipinski definition) is 10. The van der Waals surface area contributed by atoms with Gasteiger partial charge in [0.25, 0.3) is 0 Å². The van der Waals surface area contributed by atoms with Gasteiger partial charge in [-0.2, -0.15) is 20.1 Å². The van der Waals surface area contributed by atoms with E-state index in [4.69, 9.17) is 19.2 Å². The van der Waals surface area contributed by atoms with E-state index in [9.17, 15) is 0 Å². The average molecular weight is 428 g/mol. The zero-order valence-electron chi connectivity index (χ0n) is 18.1. The van der Waals surface area contributed by atoms with E-state index in [2.05, 4.69) is 30.3 Å². The van der Waals surface area contributed by atoms with Crippen molar-refractivity contribution in [2.24, 2.45) is 5.10 Å². The Morgan fingerprint density at radius 1 is 0.935 bits per heavy atom. The lowest BCUT2D eigenvalue weighted by Crippen LogP contribution is -2.38. The first-order valence-corrected chi connectivity index (χ1v) is 10.6. The number of piperidine rings is 1. The van der Waals surface area contributed by atoms with Gasteiger partial charge in [0.05, 0.1) is 33.6 Å². The molecule has 0 amide bonds. The molecule has 2 fully saturated rings. The molecule has 10 heteroatoms. The molecule has 0 radical (unpaired) electrons. The lowest BCUT2D eigenvalue weighted by Gasteiger charge is -2.30. The Morgan fingerprint density at radius 2 is 1.65 bits per heavy atom. The zero-order valence-corrected chi connectivity index (χ0v) is 18.1. The van der Waals surface area contributed by atoms with Gasteiger partial charge in [-0.15, -0.1) is 0 Å². The standard InChI is InChI=1S/C21H29N7O3/c1-29-17-6-7-18(30-2)16(14-17)15-22-26-19-23-20(27-8-4-3-5-9-27)25-21(24-19)28-10-12-31-13-11-28/h6-7,14-15H,3-5,8-13H2,1-2H3,(H,23,24,25,26)/b22-15-. The molecule has 4 rings (SSSR count). The van der Waals surface area contributed by atoms with Crippen LogP contribution in [0.1, 0.15) is 24.8 Å². The van der Waals surface area contributed by atoms with Crippen LogP contribution in [0.3, 0.4) is 0 Å². The third-order valence-corrected chi connectivity index (χ3v) is 5.35. The molecule has 2 saturated heterocycles. The topological polar surface area (TPSA) is 97.2 Å². The van der Waals surface area contributed by atoms with Crippen LogP contribution in [-0.4, -0.2) is 74.8 Å². The number of methoxy groups -OCH3 is 2. The normalized spacial score (nSPS) is 17.1. The summed E-state index contributed by atoms with van der Waals surface area (Å²) in [5, 5.41) is 4.34. The van der Waals surface area contributed by atoms with Crippen molar-refractivity contribution in [2.75, 3.05) is 68.8 Å².